The number of fused-ring (bicyclic) bond motifs is 3. The van der Waals surface area contributed by atoms with Crippen LogP contribution in [-0.4, -0.2) is 67.8 Å². The zero-order chi connectivity index (χ0) is 35.8. The van der Waals surface area contributed by atoms with E-state index in [4.69, 9.17) is 8.85 Å². The predicted molar refractivity (Wildman–Crippen MR) is 201 cm³/mol. The van der Waals surface area contributed by atoms with Gasteiger partial charge in [-0.1, -0.05) is 123 Å². The van der Waals surface area contributed by atoms with Gasteiger partial charge in [0.25, 0.3) is 8.32 Å². The maximum Gasteiger partial charge on any atom is 0.261 e. The molecule has 6 nitrogen and oxygen atoms in total. The molecule has 0 heterocycles. The maximum absolute atomic E-state index is 15.3. The predicted octanol–water partition coefficient (Wildman–Crippen LogP) is 6.46. The second kappa shape index (κ2) is 12.5. The first-order chi connectivity index (χ1) is 23.0. The molecule has 0 radical (unpaired) electrons. The van der Waals surface area contributed by atoms with Gasteiger partial charge in [0, 0.05) is 5.92 Å². The molecule has 0 saturated heterocycles. The summed E-state index contributed by atoms with van der Waals surface area (Å²) >= 11 is 0. The average molecular weight is 707 g/mol. The molecular weight excluding hydrogens is 645 g/mol. The maximum atomic E-state index is 15.3. The van der Waals surface area contributed by atoms with Gasteiger partial charge in [-0.15, -0.1) is 0 Å². The Morgan fingerprint density at radius 2 is 1.43 bits per heavy atom. The normalized spacial score (nSPS) is 37.2. The molecule has 1 spiro atoms. The number of ketones is 1. The van der Waals surface area contributed by atoms with Crippen LogP contribution in [0.4, 0.5) is 0 Å². The van der Waals surface area contributed by atoms with E-state index in [9.17, 15) is 15.3 Å². The van der Waals surface area contributed by atoms with Gasteiger partial charge in [0.1, 0.15) is 23.1 Å². The summed E-state index contributed by atoms with van der Waals surface area (Å²) in [7, 11) is -5.65. The molecule has 8 heteroatoms. The van der Waals surface area contributed by atoms with E-state index < -0.39 is 51.4 Å². The van der Waals surface area contributed by atoms with E-state index in [-0.39, 0.29) is 41.1 Å². The van der Waals surface area contributed by atoms with E-state index in [0.717, 1.165) is 34.9 Å². The molecule has 2 bridgehead atoms. The topological polar surface area (TPSA) is 96.2 Å². The summed E-state index contributed by atoms with van der Waals surface area (Å²) in [6.07, 6.45) is -0.659. The molecule has 6 rings (SSSR count). The van der Waals surface area contributed by atoms with Crippen LogP contribution in [0.5, 0.6) is 0 Å². The Labute approximate surface area is 297 Å². The number of aliphatic hydroxyl groups is 3. The Balaban J connectivity index is 1.58. The number of carbonyl (C=O) groups excluding carboxylic acids is 1. The van der Waals surface area contributed by atoms with Crippen LogP contribution in [0.15, 0.2) is 60.7 Å². The van der Waals surface area contributed by atoms with Crippen LogP contribution in [0.1, 0.15) is 88.0 Å². The van der Waals surface area contributed by atoms with Crippen molar-refractivity contribution in [2.45, 2.75) is 135 Å². The molecule has 49 heavy (non-hydrogen) atoms. The molecule has 0 unspecified atom stereocenters. The summed E-state index contributed by atoms with van der Waals surface area (Å²) in [4.78, 5) is 15.3. The SMILES string of the molecule is CC[Si](CC)(CC)O[C@@H]1[C@@](O)(CO[Si](c2ccccc2)(c2ccccc2)C(C)(C)C)C[C@@H]2C(=O)[C@]3(CC[C@H](O)[C@@]13O)[C@H](C)C[C@@H]1[C@H]2C1(C)C. The van der Waals surface area contributed by atoms with Gasteiger partial charge in [0.2, 0.25) is 0 Å². The minimum absolute atomic E-state index is 0.0314. The summed E-state index contributed by atoms with van der Waals surface area (Å²) < 4.78 is 14.9. The standard InChI is InChI=1S/C41H62O6Si2/c1-10-48(11-2,12-3)47-36-39(44,27-46-49(37(5,6)7,29-19-15-13-16-20-29)30-21-17-14-18-22-30)26-31-34-32(38(34,8)9)25-28(4)40(35(31)43)24-23-33(42)41(36,40)45/h13-22,28,31-34,36,42,44-45H,10-12,23-27H2,1-9H3/t28-,31+,32-,33+,34+,36-,39+,40+,41-/m1/s1. The van der Waals surface area contributed by atoms with Crippen molar-refractivity contribution in [3.63, 3.8) is 0 Å². The van der Waals surface area contributed by atoms with Crippen molar-refractivity contribution in [1.29, 1.82) is 0 Å². The molecule has 4 aliphatic carbocycles. The lowest BCUT2D eigenvalue weighted by Crippen LogP contribution is -2.73. The molecule has 270 valence electrons. The molecule has 2 aromatic rings. The first kappa shape index (κ1) is 37.1. The van der Waals surface area contributed by atoms with Gasteiger partial charge in [-0.3, -0.25) is 4.79 Å². The fourth-order valence-corrected chi connectivity index (χ4v) is 19.0. The average Bonchev–Trinajstić information content (AvgIpc) is 3.54. The quantitative estimate of drug-likeness (QED) is 0.246. The number of Topliss-reactive ketones (excluding diaryl/α,β-unsaturated/α-hetero) is 1. The van der Waals surface area contributed by atoms with E-state index in [1.54, 1.807) is 0 Å². The van der Waals surface area contributed by atoms with Gasteiger partial charge in [0.05, 0.1) is 18.1 Å². The highest BCUT2D eigenvalue weighted by atomic mass is 28.4. The van der Waals surface area contributed by atoms with Crippen LogP contribution >= 0.6 is 0 Å². The molecule has 9 atom stereocenters. The van der Waals surface area contributed by atoms with Crippen molar-refractivity contribution < 1.29 is 29.0 Å². The van der Waals surface area contributed by atoms with Crippen molar-refractivity contribution in [2.24, 2.45) is 34.5 Å². The summed E-state index contributed by atoms with van der Waals surface area (Å²) in [5.74, 6) is -0.152. The van der Waals surface area contributed by atoms with Crippen LogP contribution in [0.2, 0.25) is 23.2 Å². The largest absolute Gasteiger partial charge is 0.408 e. The third-order valence-electron chi connectivity index (χ3n) is 14.6. The summed E-state index contributed by atoms with van der Waals surface area (Å²) in [5.41, 5.74) is -4.91. The monoisotopic (exact) mass is 706 g/mol. The van der Waals surface area contributed by atoms with Gasteiger partial charge in [0.15, 0.2) is 8.32 Å². The first-order valence-corrected chi connectivity index (χ1v) is 23.5. The molecule has 0 amide bonds. The van der Waals surface area contributed by atoms with Crippen molar-refractivity contribution in [3.05, 3.63) is 60.7 Å². The van der Waals surface area contributed by atoms with Crippen molar-refractivity contribution in [1.82, 2.24) is 0 Å². The third kappa shape index (κ3) is 5.20. The van der Waals surface area contributed by atoms with Crippen molar-refractivity contribution in [3.8, 4) is 0 Å². The lowest BCUT2D eigenvalue weighted by atomic mass is 9.59. The third-order valence-corrected chi connectivity index (χ3v) is 24.1. The summed E-state index contributed by atoms with van der Waals surface area (Å²) in [6, 6.07) is 23.2. The minimum atomic E-state index is -3.13. The number of hydrogen-bond acceptors (Lipinski definition) is 6. The van der Waals surface area contributed by atoms with E-state index in [0.29, 0.717) is 18.8 Å². The van der Waals surface area contributed by atoms with E-state index in [2.05, 4.69) is 111 Å². The molecule has 4 fully saturated rings. The van der Waals surface area contributed by atoms with E-state index in [1.807, 2.05) is 12.1 Å². The zero-order valence-corrected chi connectivity index (χ0v) is 33.5. The first-order valence-electron chi connectivity index (χ1n) is 19.1. The van der Waals surface area contributed by atoms with Gasteiger partial charge < -0.3 is 24.2 Å². The number of benzene rings is 2. The highest BCUT2D eigenvalue weighted by Gasteiger charge is 2.79. The lowest BCUT2D eigenvalue weighted by Gasteiger charge is -2.54. The summed E-state index contributed by atoms with van der Waals surface area (Å²) in [5, 5.41) is 41.0. The Morgan fingerprint density at radius 3 is 1.92 bits per heavy atom. The molecule has 0 aliphatic heterocycles. The molecule has 3 N–H and O–H groups in total. The van der Waals surface area contributed by atoms with Gasteiger partial charge in [-0.2, -0.15) is 0 Å². The number of carbonyl (C=O) groups is 1. The van der Waals surface area contributed by atoms with Gasteiger partial charge in [-0.05, 0) is 82.4 Å². The number of rotatable bonds is 10. The summed E-state index contributed by atoms with van der Waals surface area (Å²) in [6.45, 7) is 19.6. The number of aliphatic hydroxyl groups excluding tert-OH is 1. The Kier molecular flexibility index (Phi) is 9.46. The van der Waals surface area contributed by atoms with Gasteiger partial charge >= 0.3 is 0 Å². The molecule has 0 aromatic heterocycles. The second-order valence-electron chi connectivity index (χ2n) is 17.9. The Bertz CT molecular complexity index is 1460. The minimum Gasteiger partial charge on any atom is -0.408 e. The van der Waals surface area contributed by atoms with E-state index in [1.165, 1.54) is 0 Å². The van der Waals surface area contributed by atoms with E-state index >= 15 is 4.79 Å². The smallest absolute Gasteiger partial charge is 0.261 e. The lowest BCUT2D eigenvalue weighted by molar-refractivity contribution is -0.237. The van der Waals surface area contributed by atoms with Crippen LogP contribution in [0.3, 0.4) is 0 Å². The van der Waals surface area contributed by atoms with Crippen LogP contribution in [0, 0.1) is 34.5 Å². The highest BCUT2D eigenvalue weighted by molar-refractivity contribution is 6.99. The molecule has 2 aromatic carbocycles. The van der Waals surface area contributed by atoms with Crippen LogP contribution in [-0.2, 0) is 13.6 Å². The Morgan fingerprint density at radius 1 is 0.898 bits per heavy atom. The fourth-order valence-electron chi connectivity index (χ4n) is 11.5. The van der Waals surface area contributed by atoms with Gasteiger partial charge in [-0.25, -0.2) is 0 Å². The number of hydrogen-bond donors (Lipinski definition) is 3. The Hall–Kier alpha value is -1.66. The highest BCUT2D eigenvalue weighted by Crippen LogP contribution is 2.73. The fraction of sp³-hybridized carbons (Fsp3) is 0.683. The second-order valence-corrected chi connectivity index (χ2v) is 26.9. The van der Waals surface area contributed by atoms with Crippen LogP contribution < -0.4 is 10.4 Å². The molecular formula is C41H62O6Si2. The zero-order valence-electron chi connectivity index (χ0n) is 31.5. The van der Waals surface area contributed by atoms with Crippen LogP contribution in [0.25, 0.3) is 0 Å². The molecule has 4 aliphatic rings. The molecule has 4 saturated carbocycles. The van der Waals surface area contributed by atoms with Crippen molar-refractivity contribution in [2.75, 3.05) is 6.61 Å². The van der Waals surface area contributed by atoms with Crippen molar-refractivity contribution >= 4 is 32.8 Å².